The molecule has 1 aliphatic rings. The predicted molar refractivity (Wildman–Crippen MR) is 80.2 cm³/mol. The molecular formula is C13H15ClINO2. The molecule has 0 unspecified atom stereocenters. The summed E-state index contributed by atoms with van der Waals surface area (Å²) in [6.07, 6.45) is 1.93. The van der Waals surface area contributed by atoms with E-state index in [1.165, 1.54) is 6.07 Å². The van der Waals surface area contributed by atoms with Gasteiger partial charge in [0.25, 0.3) is 5.91 Å². The molecule has 2 rings (SSSR count). The number of benzene rings is 1. The van der Waals surface area contributed by atoms with E-state index in [2.05, 4.69) is 0 Å². The van der Waals surface area contributed by atoms with E-state index in [9.17, 15) is 9.90 Å². The molecule has 0 spiro atoms. The van der Waals surface area contributed by atoms with Crippen LogP contribution >= 0.6 is 34.2 Å². The molecule has 1 amide bonds. The Balaban J connectivity index is 2.05. The number of nitrogens with zero attached hydrogens (tertiary/aromatic N) is 1. The lowest BCUT2D eigenvalue weighted by molar-refractivity contribution is 0.0698. The lowest BCUT2D eigenvalue weighted by Crippen LogP contribution is -2.38. The number of piperidine rings is 1. The zero-order valence-electron chi connectivity index (χ0n) is 9.90. The van der Waals surface area contributed by atoms with Crippen LogP contribution in [0.5, 0.6) is 5.75 Å². The van der Waals surface area contributed by atoms with Crippen molar-refractivity contribution in [2.24, 2.45) is 5.92 Å². The van der Waals surface area contributed by atoms with E-state index in [0.29, 0.717) is 17.4 Å². The summed E-state index contributed by atoms with van der Waals surface area (Å²) in [6.45, 7) is 1.51. The van der Waals surface area contributed by atoms with E-state index in [1.807, 2.05) is 27.5 Å². The van der Waals surface area contributed by atoms with Gasteiger partial charge in [0.15, 0.2) is 0 Å². The average Bonchev–Trinajstić information content (AvgIpc) is 2.41. The summed E-state index contributed by atoms with van der Waals surface area (Å²) in [5, 5.41) is 9.63. The van der Waals surface area contributed by atoms with Crippen molar-refractivity contribution in [2.45, 2.75) is 12.8 Å². The quantitative estimate of drug-likeness (QED) is 0.634. The van der Waals surface area contributed by atoms with Crippen LogP contribution in [0.4, 0.5) is 0 Å². The average molecular weight is 380 g/mol. The first kappa shape index (κ1) is 13.9. The van der Waals surface area contributed by atoms with Gasteiger partial charge in [0.05, 0.1) is 3.57 Å². The number of aromatic hydroxyl groups is 1. The van der Waals surface area contributed by atoms with Crippen molar-refractivity contribution in [1.82, 2.24) is 4.90 Å². The van der Waals surface area contributed by atoms with Gasteiger partial charge in [-0.05, 0) is 59.5 Å². The third-order valence-electron chi connectivity index (χ3n) is 3.31. The second-order valence-corrected chi connectivity index (χ2v) is 6.03. The number of rotatable bonds is 2. The zero-order valence-corrected chi connectivity index (χ0v) is 12.8. The Labute approximate surface area is 125 Å². The summed E-state index contributed by atoms with van der Waals surface area (Å²) in [4.78, 5) is 14.1. The molecule has 1 saturated heterocycles. The number of carbonyl (C=O) groups is 1. The highest BCUT2D eigenvalue weighted by Crippen LogP contribution is 2.23. The van der Waals surface area contributed by atoms with Crippen molar-refractivity contribution in [1.29, 1.82) is 0 Å². The second-order valence-electron chi connectivity index (χ2n) is 4.56. The largest absolute Gasteiger partial charge is 0.507 e. The van der Waals surface area contributed by atoms with Crippen LogP contribution in [0.1, 0.15) is 23.2 Å². The van der Waals surface area contributed by atoms with Gasteiger partial charge in [-0.15, -0.1) is 11.6 Å². The van der Waals surface area contributed by atoms with Crippen LogP contribution in [0.15, 0.2) is 18.2 Å². The molecule has 1 N–H and O–H groups in total. The maximum atomic E-state index is 12.2. The van der Waals surface area contributed by atoms with Crippen LogP contribution in [-0.4, -0.2) is 34.9 Å². The SMILES string of the molecule is O=C(c1ccc(I)c(O)c1)N1CCC(CCl)CC1. The van der Waals surface area contributed by atoms with Gasteiger partial charge in [-0.3, -0.25) is 4.79 Å². The molecule has 0 bridgehead atoms. The Morgan fingerprint density at radius 1 is 1.44 bits per heavy atom. The number of halogens is 2. The van der Waals surface area contributed by atoms with E-state index in [1.54, 1.807) is 12.1 Å². The number of alkyl halides is 1. The van der Waals surface area contributed by atoms with E-state index >= 15 is 0 Å². The highest BCUT2D eigenvalue weighted by molar-refractivity contribution is 14.1. The van der Waals surface area contributed by atoms with E-state index in [0.717, 1.165) is 29.5 Å². The predicted octanol–water partition coefficient (Wildman–Crippen LogP) is 3.09. The Hall–Kier alpha value is -0.490. The highest BCUT2D eigenvalue weighted by atomic mass is 127. The summed E-state index contributed by atoms with van der Waals surface area (Å²) in [5.41, 5.74) is 0.553. The molecule has 98 valence electrons. The Kier molecular flexibility index (Phi) is 4.72. The number of amides is 1. The number of phenols is 1. The van der Waals surface area contributed by atoms with E-state index in [-0.39, 0.29) is 11.7 Å². The standard InChI is InChI=1S/C13H15ClINO2/c14-8-9-3-5-16(6-4-9)13(18)10-1-2-11(15)12(17)7-10/h1-2,7,9,17H,3-6,8H2. The molecule has 3 nitrogen and oxygen atoms in total. The van der Waals surface area contributed by atoms with Gasteiger partial charge in [0.2, 0.25) is 0 Å². The minimum absolute atomic E-state index is 0.00489. The number of phenolic OH excluding ortho intramolecular Hbond substituents is 1. The van der Waals surface area contributed by atoms with Gasteiger partial charge in [-0.2, -0.15) is 0 Å². The van der Waals surface area contributed by atoms with Crippen molar-refractivity contribution in [3.63, 3.8) is 0 Å². The lowest BCUT2D eigenvalue weighted by Gasteiger charge is -2.31. The van der Waals surface area contributed by atoms with Crippen molar-refractivity contribution in [2.75, 3.05) is 19.0 Å². The summed E-state index contributed by atoms with van der Waals surface area (Å²) < 4.78 is 0.755. The topological polar surface area (TPSA) is 40.5 Å². The molecule has 5 heteroatoms. The van der Waals surface area contributed by atoms with E-state index < -0.39 is 0 Å². The number of hydrogen-bond acceptors (Lipinski definition) is 2. The first-order valence-electron chi connectivity index (χ1n) is 5.95. The van der Waals surface area contributed by atoms with Crippen LogP contribution < -0.4 is 0 Å². The van der Waals surface area contributed by atoms with Crippen LogP contribution in [0.2, 0.25) is 0 Å². The van der Waals surface area contributed by atoms with Gasteiger partial charge in [0.1, 0.15) is 5.75 Å². The normalized spacial score (nSPS) is 16.9. The fraction of sp³-hybridized carbons (Fsp3) is 0.462. The summed E-state index contributed by atoms with van der Waals surface area (Å²) in [6, 6.07) is 5.06. The molecule has 1 fully saturated rings. The maximum absolute atomic E-state index is 12.2. The molecule has 1 aromatic carbocycles. The minimum atomic E-state index is -0.00489. The van der Waals surface area contributed by atoms with Crippen LogP contribution in [0.3, 0.4) is 0 Å². The summed E-state index contributed by atoms with van der Waals surface area (Å²) in [5.74, 6) is 1.36. The van der Waals surface area contributed by atoms with Gasteiger partial charge in [-0.25, -0.2) is 0 Å². The molecule has 1 aliphatic heterocycles. The zero-order chi connectivity index (χ0) is 13.1. The Bertz CT molecular complexity index is 445. The van der Waals surface area contributed by atoms with Gasteiger partial charge in [-0.1, -0.05) is 0 Å². The molecule has 0 saturated carbocycles. The van der Waals surface area contributed by atoms with Crippen LogP contribution in [0.25, 0.3) is 0 Å². The minimum Gasteiger partial charge on any atom is -0.507 e. The second kappa shape index (κ2) is 6.10. The number of hydrogen-bond donors (Lipinski definition) is 1. The third kappa shape index (κ3) is 3.09. The smallest absolute Gasteiger partial charge is 0.253 e. The number of carbonyl (C=O) groups excluding carboxylic acids is 1. The fourth-order valence-corrected chi connectivity index (χ4v) is 2.76. The molecule has 0 atom stereocenters. The number of likely N-dealkylation sites (tertiary alicyclic amines) is 1. The maximum Gasteiger partial charge on any atom is 0.253 e. The Morgan fingerprint density at radius 3 is 2.67 bits per heavy atom. The first-order chi connectivity index (χ1) is 8.61. The van der Waals surface area contributed by atoms with E-state index in [4.69, 9.17) is 11.6 Å². The molecule has 0 aromatic heterocycles. The Morgan fingerprint density at radius 2 is 2.11 bits per heavy atom. The lowest BCUT2D eigenvalue weighted by atomic mass is 9.98. The van der Waals surface area contributed by atoms with Gasteiger partial charge in [0, 0.05) is 24.5 Å². The monoisotopic (exact) mass is 379 g/mol. The molecule has 0 aliphatic carbocycles. The van der Waals surface area contributed by atoms with Crippen molar-refractivity contribution in [3.8, 4) is 5.75 Å². The summed E-state index contributed by atoms with van der Waals surface area (Å²) >= 11 is 7.86. The van der Waals surface area contributed by atoms with Crippen molar-refractivity contribution >= 4 is 40.1 Å². The highest BCUT2D eigenvalue weighted by Gasteiger charge is 2.23. The first-order valence-corrected chi connectivity index (χ1v) is 7.57. The van der Waals surface area contributed by atoms with Gasteiger partial charge < -0.3 is 10.0 Å². The molecule has 1 aromatic rings. The van der Waals surface area contributed by atoms with Crippen molar-refractivity contribution < 1.29 is 9.90 Å². The van der Waals surface area contributed by atoms with Gasteiger partial charge >= 0.3 is 0 Å². The summed E-state index contributed by atoms with van der Waals surface area (Å²) in [7, 11) is 0. The van der Waals surface area contributed by atoms with Crippen molar-refractivity contribution in [3.05, 3.63) is 27.3 Å². The molecule has 1 heterocycles. The third-order valence-corrected chi connectivity index (χ3v) is 4.66. The van der Waals surface area contributed by atoms with Crippen LogP contribution in [-0.2, 0) is 0 Å². The van der Waals surface area contributed by atoms with Crippen LogP contribution in [0, 0.1) is 9.49 Å². The molecule has 0 radical (unpaired) electrons. The molecule has 18 heavy (non-hydrogen) atoms. The molecular weight excluding hydrogens is 365 g/mol. The fourth-order valence-electron chi connectivity index (χ4n) is 2.12.